The molecule has 5 rings (SSSR count). The van der Waals surface area contributed by atoms with Gasteiger partial charge in [0.15, 0.2) is 21.4 Å². The SMILES string of the molecule is CC(C)S(=O)(=O)c1ccccc1N1CCC(NC(=O)C2(NC(=O)c3cc4ccccc4o3)CCCCC2)C(=O)C1. The maximum atomic E-state index is 13.7. The van der Waals surface area contributed by atoms with E-state index in [1.807, 2.05) is 18.2 Å². The van der Waals surface area contributed by atoms with Crippen LogP contribution in [0.3, 0.4) is 0 Å². The first-order valence-corrected chi connectivity index (χ1v) is 15.4. The number of benzene rings is 2. The number of hydrogen-bond donors (Lipinski definition) is 2. The van der Waals surface area contributed by atoms with Gasteiger partial charge < -0.3 is 20.0 Å². The van der Waals surface area contributed by atoms with Crippen LogP contribution in [-0.2, 0) is 19.4 Å². The third kappa shape index (κ3) is 5.37. The number of furan rings is 1. The van der Waals surface area contributed by atoms with Gasteiger partial charge in [0.2, 0.25) is 5.91 Å². The third-order valence-corrected chi connectivity index (χ3v) is 10.2. The Labute approximate surface area is 234 Å². The molecule has 2 N–H and O–H groups in total. The van der Waals surface area contributed by atoms with Crippen LogP contribution in [-0.4, -0.2) is 55.9 Å². The molecule has 40 heavy (non-hydrogen) atoms. The molecule has 10 heteroatoms. The zero-order valence-corrected chi connectivity index (χ0v) is 23.6. The van der Waals surface area contributed by atoms with Crippen molar-refractivity contribution in [3.05, 3.63) is 60.4 Å². The summed E-state index contributed by atoms with van der Waals surface area (Å²) in [5.74, 6) is -0.895. The maximum absolute atomic E-state index is 13.7. The molecule has 212 valence electrons. The number of carbonyl (C=O) groups is 3. The Morgan fingerprint density at radius 2 is 1.73 bits per heavy atom. The number of anilines is 1. The predicted octanol–water partition coefficient (Wildman–Crippen LogP) is 4.01. The Bertz CT molecular complexity index is 1500. The number of sulfone groups is 1. The molecule has 0 spiro atoms. The van der Waals surface area contributed by atoms with Gasteiger partial charge in [0.25, 0.3) is 5.91 Å². The topological polar surface area (TPSA) is 126 Å². The van der Waals surface area contributed by atoms with E-state index in [2.05, 4.69) is 10.6 Å². The fraction of sp³-hybridized carbons (Fsp3) is 0.433. The molecule has 1 saturated heterocycles. The molecule has 2 aromatic carbocycles. The minimum Gasteiger partial charge on any atom is -0.451 e. The van der Waals surface area contributed by atoms with Crippen LogP contribution in [0.5, 0.6) is 0 Å². The summed E-state index contributed by atoms with van der Waals surface area (Å²) in [4.78, 5) is 42.1. The van der Waals surface area contributed by atoms with Gasteiger partial charge in [-0.3, -0.25) is 14.4 Å². The largest absolute Gasteiger partial charge is 0.451 e. The third-order valence-electron chi connectivity index (χ3n) is 8.01. The summed E-state index contributed by atoms with van der Waals surface area (Å²) < 4.78 is 31.6. The second-order valence-corrected chi connectivity index (χ2v) is 13.5. The number of Topliss-reactive ketones (excluding diaryl/α,β-unsaturated/α-hetero) is 1. The number of para-hydroxylation sites is 2. The molecule has 2 amide bonds. The fourth-order valence-electron chi connectivity index (χ4n) is 5.63. The van der Waals surface area contributed by atoms with E-state index in [9.17, 15) is 22.8 Å². The van der Waals surface area contributed by atoms with Gasteiger partial charge in [-0.1, -0.05) is 49.6 Å². The van der Waals surface area contributed by atoms with Crippen molar-refractivity contribution in [2.24, 2.45) is 0 Å². The van der Waals surface area contributed by atoms with E-state index in [1.165, 1.54) is 0 Å². The van der Waals surface area contributed by atoms with E-state index < -0.39 is 32.6 Å². The lowest BCUT2D eigenvalue weighted by molar-refractivity contribution is -0.133. The van der Waals surface area contributed by atoms with Crippen molar-refractivity contribution in [3.63, 3.8) is 0 Å². The average Bonchev–Trinajstić information content (AvgIpc) is 3.39. The number of amides is 2. The highest BCUT2D eigenvalue weighted by Gasteiger charge is 2.43. The summed E-state index contributed by atoms with van der Waals surface area (Å²) in [6.07, 6.45) is 3.79. The molecule has 1 unspecified atom stereocenters. The molecule has 0 radical (unpaired) electrons. The zero-order valence-electron chi connectivity index (χ0n) is 22.8. The second kappa shape index (κ2) is 11.1. The van der Waals surface area contributed by atoms with Crippen LogP contribution in [0.1, 0.15) is 62.9 Å². The van der Waals surface area contributed by atoms with Crippen molar-refractivity contribution >= 4 is 44.1 Å². The molecule has 1 aromatic heterocycles. The molecule has 0 bridgehead atoms. The van der Waals surface area contributed by atoms with Gasteiger partial charge in [0.05, 0.1) is 28.4 Å². The number of piperidine rings is 1. The molecule has 1 atom stereocenters. The summed E-state index contributed by atoms with van der Waals surface area (Å²) in [7, 11) is -3.54. The summed E-state index contributed by atoms with van der Waals surface area (Å²) in [6.45, 7) is 3.65. The Kier molecular flexibility index (Phi) is 7.72. The lowest BCUT2D eigenvalue weighted by atomic mass is 9.80. The van der Waals surface area contributed by atoms with Crippen LogP contribution >= 0.6 is 0 Å². The van der Waals surface area contributed by atoms with Crippen molar-refractivity contribution in [3.8, 4) is 0 Å². The van der Waals surface area contributed by atoms with Crippen molar-refractivity contribution in [2.75, 3.05) is 18.0 Å². The van der Waals surface area contributed by atoms with Gasteiger partial charge in [0.1, 0.15) is 11.1 Å². The molecule has 2 heterocycles. The molecular weight excluding hydrogens is 530 g/mol. The quantitative estimate of drug-likeness (QED) is 0.443. The van der Waals surface area contributed by atoms with E-state index in [0.717, 1.165) is 24.6 Å². The van der Waals surface area contributed by atoms with Gasteiger partial charge in [0, 0.05) is 11.9 Å². The summed E-state index contributed by atoms with van der Waals surface area (Å²) in [6, 6.07) is 15.0. The highest BCUT2D eigenvalue weighted by Crippen LogP contribution is 2.32. The van der Waals surface area contributed by atoms with Crippen molar-refractivity contribution in [2.45, 2.75) is 74.1 Å². The highest BCUT2D eigenvalue weighted by atomic mass is 32.2. The molecule has 1 aliphatic heterocycles. The zero-order chi connectivity index (χ0) is 28.5. The normalized spacial score (nSPS) is 19.5. The molecule has 2 fully saturated rings. The fourth-order valence-corrected chi connectivity index (χ4v) is 6.89. The lowest BCUT2D eigenvalue weighted by Gasteiger charge is -2.39. The number of nitrogens with one attached hydrogen (secondary N) is 2. The molecule has 3 aromatic rings. The molecular formula is C30H35N3O6S. The number of fused-ring (bicyclic) bond motifs is 1. The first kappa shape index (κ1) is 27.9. The standard InChI is InChI=1S/C30H35N3O6S/c1-20(2)40(37,38)27-13-7-5-11-23(27)33-17-14-22(24(34)19-33)31-29(36)30(15-8-3-9-16-30)32-28(35)26-18-21-10-4-6-12-25(21)39-26/h4-7,10-13,18,20,22H,3,8-9,14-17,19H2,1-2H3,(H,31,36)(H,32,35). The first-order chi connectivity index (χ1) is 19.1. The average molecular weight is 566 g/mol. The monoisotopic (exact) mass is 565 g/mol. The van der Waals surface area contributed by atoms with E-state index in [-0.39, 0.29) is 28.9 Å². The maximum Gasteiger partial charge on any atom is 0.287 e. The van der Waals surface area contributed by atoms with Crippen LogP contribution < -0.4 is 15.5 Å². The smallest absolute Gasteiger partial charge is 0.287 e. The Morgan fingerprint density at radius 1 is 1.02 bits per heavy atom. The predicted molar refractivity (Wildman–Crippen MR) is 152 cm³/mol. The van der Waals surface area contributed by atoms with Gasteiger partial charge in [-0.2, -0.15) is 0 Å². The van der Waals surface area contributed by atoms with E-state index >= 15 is 0 Å². The number of hydrogen-bond acceptors (Lipinski definition) is 7. The first-order valence-electron chi connectivity index (χ1n) is 13.8. The van der Waals surface area contributed by atoms with Crippen LogP contribution in [0.15, 0.2) is 63.9 Å². The highest BCUT2D eigenvalue weighted by molar-refractivity contribution is 7.92. The number of rotatable bonds is 7. The Morgan fingerprint density at radius 3 is 2.42 bits per heavy atom. The van der Waals surface area contributed by atoms with Crippen molar-refractivity contribution in [1.82, 2.24) is 10.6 Å². The molecule has 1 saturated carbocycles. The van der Waals surface area contributed by atoms with Gasteiger partial charge in [-0.05, 0) is 57.4 Å². The van der Waals surface area contributed by atoms with Crippen molar-refractivity contribution < 1.29 is 27.2 Å². The van der Waals surface area contributed by atoms with Crippen LogP contribution in [0.4, 0.5) is 5.69 Å². The molecule has 1 aliphatic carbocycles. The number of carbonyl (C=O) groups excluding carboxylic acids is 3. The van der Waals surface area contributed by atoms with Gasteiger partial charge in [-0.25, -0.2) is 8.42 Å². The number of ketones is 1. The lowest BCUT2D eigenvalue weighted by Crippen LogP contribution is -2.63. The van der Waals surface area contributed by atoms with Gasteiger partial charge in [-0.15, -0.1) is 0 Å². The Hall–Kier alpha value is -3.66. The number of nitrogens with zero attached hydrogens (tertiary/aromatic N) is 1. The minimum atomic E-state index is -3.54. The van der Waals surface area contributed by atoms with Crippen LogP contribution in [0.2, 0.25) is 0 Å². The summed E-state index contributed by atoms with van der Waals surface area (Å²) >= 11 is 0. The van der Waals surface area contributed by atoms with E-state index in [0.29, 0.717) is 37.1 Å². The van der Waals surface area contributed by atoms with Gasteiger partial charge >= 0.3 is 0 Å². The van der Waals surface area contributed by atoms with Crippen molar-refractivity contribution in [1.29, 1.82) is 0 Å². The second-order valence-electron chi connectivity index (χ2n) is 11.0. The summed E-state index contributed by atoms with van der Waals surface area (Å²) in [5.41, 5.74) is -0.0463. The van der Waals surface area contributed by atoms with E-state index in [4.69, 9.17) is 4.42 Å². The van der Waals surface area contributed by atoms with E-state index in [1.54, 1.807) is 55.1 Å². The molecule has 9 nitrogen and oxygen atoms in total. The summed E-state index contributed by atoms with van der Waals surface area (Å²) in [5, 5.41) is 6.07. The van der Waals surface area contributed by atoms with Crippen LogP contribution in [0.25, 0.3) is 11.0 Å². The minimum absolute atomic E-state index is 0.0199. The van der Waals surface area contributed by atoms with Crippen LogP contribution in [0, 0.1) is 0 Å². The molecule has 2 aliphatic rings. The Balaban J connectivity index is 1.30.